The van der Waals surface area contributed by atoms with Crippen LogP contribution in [0, 0.1) is 5.92 Å². The minimum Gasteiger partial charge on any atom is -0.301 e. The van der Waals surface area contributed by atoms with E-state index in [1.165, 1.54) is 17.7 Å². The number of hydrogen-bond acceptors (Lipinski definition) is 1. The van der Waals surface area contributed by atoms with Gasteiger partial charge in [0.2, 0.25) is 0 Å². The quantitative estimate of drug-likeness (QED) is 0.693. The lowest BCUT2D eigenvalue weighted by Gasteiger charge is -2.29. The largest absolute Gasteiger partial charge is 0.416 e. The monoisotopic (exact) mass is 291 g/mol. The maximum atomic E-state index is 12.9. The molecule has 0 spiro atoms. The van der Waals surface area contributed by atoms with E-state index >= 15 is 0 Å². The van der Waals surface area contributed by atoms with Crippen LogP contribution >= 0.6 is 0 Å². The van der Waals surface area contributed by atoms with Gasteiger partial charge in [0.15, 0.2) is 0 Å². The van der Waals surface area contributed by atoms with Crippen LogP contribution in [0.1, 0.15) is 11.1 Å². The summed E-state index contributed by atoms with van der Waals surface area (Å²) in [5.74, 6) is -0.218. The number of hydrogen-bond donors (Lipinski definition) is 0. The van der Waals surface area contributed by atoms with Crippen molar-refractivity contribution in [1.82, 2.24) is 4.90 Å². The summed E-state index contributed by atoms with van der Waals surface area (Å²) in [5.41, 5.74) is 2.66. The van der Waals surface area contributed by atoms with Gasteiger partial charge >= 0.3 is 6.18 Å². The number of rotatable bonds is 0. The van der Waals surface area contributed by atoms with Crippen molar-refractivity contribution in [2.75, 3.05) is 13.6 Å². The molecular formula is C17H16F3N. The van der Waals surface area contributed by atoms with E-state index in [-0.39, 0.29) is 5.92 Å². The summed E-state index contributed by atoms with van der Waals surface area (Å²) in [7, 11) is 1.94. The van der Waals surface area contributed by atoms with E-state index in [9.17, 15) is 13.2 Å². The minimum absolute atomic E-state index is 0.218. The summed E-state index contributed by atoms with van der Waals surface area (Å²) in [6.07, 6.45) is 1.85. The molecule has 21 heavy (non-hydrogen) atoms. The summed E-state index contributed by atoms with van der Waals surface area (Å²) in [5, 5.41) is 0. The number of alkyl halides is 3. The van der Waals surface area contributed by atoms with Gasteiger partial charge in [-0.3, -0.25) is 0 Å². The molecule has 1 unspecified atom stereocenters. The highest BCUT2D eigenvalue weighted by atomic mass is 19.4. The number of halogens is 3. The fraction of sp³-hybridized carbons (Fsp3) is 0.294. The molecule has 0 fully saturated rings. The molecule has 110 valence electrons. The molecular weight excluding hydrogens is 275 g/mol. The average Bonchev–Trinajstić information content (AvgIpc) is 2.39. The highest BCUT2D eigenvalue weighted by Gasteiger charge is 2.34. The summed E-state index contributed by atoms with van der Waals surface area (Å²) in [4.78, 5) is 2.07. The molecule has 0 saturated heterocycles. The second-order valence-electron chi connectivity index (χ2n) is 5.60. The van der Waals surface area contributed by atoms with Gasteiger partial charge in [-0.2, -0.15) is 13.2 Å². The molecule has 1 aliphatic heterocycles. The van der Waals surface area contributed by atoms with Crippen LogP contribution in [0.25, 0.3) is 6.08 Å². The summed E-state index contributed by atoms with van der Waals surface area (Å²) in [6, 6.07) is 8.01. The van der Waals surface area contributed by atoms with Crippen LogP contribution in [-0.2, 0) is 6.54 Å². The predicted octanol–water partition coefficient (Wildman–Crippen LogP) is 4.19. The van der Waals surface area contributed by atoms with E-state index < -0.39 is 11.7 Å². The Balaban J connectivity index is 2.03. The van der Waals surface area contributed by atoms with E-state index in [0.717, 1.165) is 17.7 Å². The van der Waals surface area contributed by atoms with Crippen molar-refractivity contribution in [2.24, 2.45) is 5.92 Å². The molecule has 1 aliphatic carbocycles. The molecule has 3 rings (SSSR count). The Labute approximate surface area is 122 Å². The Morgan fingerprint density at radius 2 is 1.90 bits per heavy atom. The second kappa shape index (κ2) is 5.19. The van der Waals surface area contributed by atoms with Crippen molar-refractivity contribution < 1.29 is 13.2 Å². The first-order valence-electron chi connectivity index (χ1n) is 6.88. The molecule has 1 heterocycles. The van der Waals surface area contributed by atoms with Crippen LogP contribution in [0.2, 0.25) is 0 Å². The van der Waals surface area contributed by atoms with Gasteiger partial charge in [0.05, 0.1) is 5.57 Å². The fourth-order valence-electron chi connectivity index (χ4n) is 2.87. The molecule has 0 amide bonds. The summed E-state index contributed by atoms with van der Waals surface area (Å²) >= 11 is 0. The lowest BCUT2D eigenvalue weighted by Crippen LogP contribution is -2.29. The van der Waals surface area contributed by atoms with Crippen molar-refractivity contribution in [2.45, 2.75) is 12.7 Å². The smallest absolute Gasteiger partial charge is 0.301 e. The third kappa shape index (κ3) is 2.95. The zero-order valence-electron chi connectivity index (χ0n) is 11.7. The minimum atomic E-state index is -4.28. The molecule has 0 bridgehead atoms. The van der Waals surface area contributed by atoms with E-state index in [4.69, 9.17) is 0 Å². The predicted molar refractivity (Wildman–Crippen MR) is 77.5 cm³/mol. The van der Waals surface area contributed by atoms with Gasteiger partial charge in [-0.1, -0.05) is 48.6 Å². The van der Waals surface area contributed by atoms with Crippen LogP contribution < -0.4 is 0 Å². The number of allylic oxidation sites excluding steroid dienone is 3. The summed E-state index contributed by atoms with van der Waals surface area (Å²) < 4.78 is 38.6. The van der Waals surface area contributed by atoms with Gasteiger partial charge in [0.25, 0.3) is 0 Å². The molecule has 0 radical (unpaired) electrons. The maximum Gasteiger partial charge on any atom is 0.416 e. The first-order valence-corrected chi connectivity index (χ1v) is 6.88. The lowest BCUT2D eigenvalue weighted by molar-refractivity contribution is -0.0888. The first-order chi connectivity index (χ1) is 9.93. The fourth-order valence-corrected chi connectivity index (χ4v) is 2.87. The van der Waals surface area contributed by atoms with Gasteiger partial charge in [-0.25, -0.2) is 0 Å². The molecule has 1 aromatic carbocycles. The van der Waals surface area contributed by atoms with E-state index in [0.29, 0.717) is 6.54 Å². The Morgan fingerprint density at radius 3 is 2.67 bits per heavy atom. The Morgan fingerprint density at radius 1 is 1.14 bits per heavy atom. The topological polar surface area (TPSA) is 3.24 Å². The zero-order chi connectivity index (χ0) is 15.0. The second-order valence-corrected chi connectivity index (χ2v) is 5.60. The Hall–Kier alpha value is -1.81. The van der Waals surface area contributed by atoms with Crippen LogP contribution in [0.15, 0.2) is 53.6 Å². The molecule has 1 atom stereocenters. The number of nitrogens with zero attached hydrogens (tertiary/aromatic N) is 1. The highest BCUT2D eigenvalue weighted by Crippen LogP contribution is 2.35. The third-order valence-corrected chi connectivity index (χ3v) is 3.92. The number of benzene rings is 1. The van der Waals surface area contributed by atoms with Crippen molar-refractivity contribution in [3.63, 3.8) is 0 Å². The third-order valence-electron chi connectivity index (χ3n) is 3.92. The average molecular weight is 291 g/mol. The maximum absolute atomic E-state index is 12.9. The molecule has 1 nitrogen and oxygen atoms in total. The SMILES string of the molecule is CN1Cc2ccccc2/C=C2/C=CC(C(F)(F)F)=CC2C1. The van der Waals surface area contributed by atoms with Crippen molar-refractivity contribution in [3.8, 4) is 0 Å². The molecule has 4 heteroatoms. The van der Waals surface area contributed by atoms with Gasteiger partial charge < -0.3 is 4.90 Å². The lowest BCUT2D eigenvalue weighted by atomic mass is 9.87. The van der Waals surface area contributed by atoms with Crippen molar-refractivity contribution in [3.05, 3.63) is 64.8 Å². The van der Waals surface area contributed by atoms with Crippen molar-refractivity contribution >= 4 is 6.08 Å². The zero-order valence-corrected chi connectivity index (χ0v) is 11.7. The molecule has 2 aliphatic rings. The van der Waals surface area contributed by atoms with Crippen LogP contribution in [0.5, 0.6) is 0 Å². The first kappa shape index (κ1) is 14.1. The van der Waals surface area contributed by atoms with Gasteiger partial charge in [-0.15, -0.1) is 0 Å². The van der Waals surface area contributed by atoms with E-state index in [1.54, 1.807) is 6.08 Å². The standard InChI is InChI=1S/C17H16F3N/c1-21-10-14-5-3-2-4-12(14)8-13-6-7-16(17(18,19)20)9-15(13)11-21/h2-9,15H,10-11H2,1H3/b13-8-. The highest BCUT2D eigenvalue weighted by molar-refractivity contribution is 5.62. The van der Waals surface area contributed by atoms with Gasteiger partial charge in [0.1, 0.15) is 0 Å². The number of fused-ring (bicyclic) bond motifs is 2. The van der Waals surface area contributed by atoms with E-state index in [2.05, 4.69) is 11.0 Å². The Bertz CT molecular complexity index is 638. The van der Waals surface area contributed by atoms with E-state index in [1.807, 2.05) is 31.3 Å². The molecule has 0 N–H and O–H groups in total. The van der Waals surface area contributed by atoms with Crippen LogP contribution in [0.3, 0.4) is 0 Å². The van der Waals surface area contributed by atoms with Gasteiger partial charge in [-0.05, 0) is 23.7 Å². The summed E-state index contributed by atoms with van der Waals surface area (Å²) in [6.45, 7) is 1.33. The van der Waals surface area contributed by atoms with Crippen LogP contribution in [0.4, 0.5) is 13.2 Å². The Kier molecular flexibility index (Phi) is 3.49. The van der Waals surface area contributed by atoms with Crippen molar-refractivity contribution in [1.29, 1.82) is 0 Å². The molecule has 0 saturated carbocycles. The van der Waals surface area contributed by atoms with Crippen LogP contribution in [-0.4, -0.2) is 24.7 Å². The normalized spacial score (nSPS) is 25.0. The van der Waals surface area contributed by atoms with Gasteiger partial charge in [0, 0.05) is 19.0 Å². The molecule has 1 aromatic rings. The molecule has 0 aromatic heterocycles.